The fraction of sp³-hybridized carbons (Fsp3) is 0.105. The number of benzene rings is 1. The second-order valence-electron chi connectivity index (χ2n) is 5.80. The minimum Gasteiger partial charge on any atom is -0.306 e. The summed E-state index contributed by atoms with van der Waals surface area (Å²) in [6, 6.07) is 14.3. The van der Waals surface area contributed by atoms with E-state index in [-0.39, 0.29) is 0 Å². The molecule has 24 heavy (non-hydrogen) atoms. The minimum atomic E-state index is 0.898. The molecule has 4 rings (SSSR count). The van der Waals surface area contributed by atoms with Crippen molar-refractivity contribution in [3.63, 3.8) is 0 Å². The van der Waals surface area contributed by atoms with Crippen molar-refractivity contribution in [2.45, 2.75) is 13.8 Å². The van der Waals surface area contributed by atoms with Crippen molar-refractivity contribution < 1.29 is 0 Å². The summed E-state index contributed by atoms with van der Waals surface area (Å²) < 4.78 is 2.01. The third-order valence-corrected chi connectivity index (χ3v) is 4.03. The van der Waals surface area contributed by atoms with Crippen molar-refractivity contribution in [2.75, 3.05) is 0 Å². The predicted molar refractivity (Wildman–Crippen MR) is 93.9 cm³/mol. The maximum Gasteiger partial charge on any atom is 0.0991 e. The summed E-state index contributed by atoms with van der Waals surface area (Å²) in [7, 11) is 0. The Morgan fingerprint density at radius 2 is 1.92 bits per heavy atom. The molecule has 4 aromatic rings. The van der Waals surface area contributed by atoms with Gasteiger partial charge in [-0.3, -0.25) is 10.1 Å². The number of hydrogen-bond donors (Lipinski definition) is 1. The lowest BCUT2D eigenvalue weighted by Crippen LogP contribution is -1.94. The molecule has 0 bridgehead atoms. The highest BCUT2D eigenvalue weighted by molar-refractivity contribution is 5.68. The maximum atomic E-state index is 4.54. The number of nitrogens with zero attached hydrogens (tertiary/aromatic N) is 4. The van der Waals surface area contributed by atoms with E-state index in [4.69, 9.17) is 0 Å². The Labute approximate surface area is 140 Å². The molecule has 3 aromatic heterocycles. The molecular weight excluding hydrogens is 298 g/mol. The topological polar surface area (TPSA) is 59.4 Å². The summed E-state index contributed by atoms with van der Waals surface area (Å²) in [6.45, 7) is 4.07. The van der Waals surface area contributed by atoms with E-state index in [0.717, 1.165) is 34.0 Å². The Morgan fingerprint density at radius 1 is 1.00 bits per heavy atom. The highest BCUT2D eigenvalue weighted by atomic mass is 15.1. The van der Waals surface area contributed by atoms with Gasteiger partial charge in [-0.25, -0.2) is 4.98 Å². The van der Waals surface area contributed by atoms with Gasteiger partial charge in [-0.15, -0.1) is 0 Å². The second-order valence-corrected chi connectivity index (χ2v) is 5.80. The zero-order valence-corrected chi connectivity index (χ0v) is 13.6. The number of H-pyrrole nitrogens is 1. The average molecular weight is 315 g/mol. The van der Waals surface area contributed by atoms with Crippen LogP contribution < -0.4 is 0 Å². The van der Waals surface area contributed by atoms with E-state index in [1.165, 1.54) is 5.56 Å². The van der Waals surface area contributed by atoms with E-state index in [1.54, 1.807) is 12.5 Å². The molecule has 0 saturated heterocycles. The standard InChI is InChI=1S/C19H17N5/c1-13-6-7-15(10-19(13)24-9-8-20-12-24)17-11-18(23-22-17)16-5-3-4-14(2)21-16/h3-12H,1-2H3,(H,22,23). The Morgan fingerprint density at radius 3 is 2.71 bits per heavy atom. The quantitative estimate of drug-likeness (QED) is 0.623. The van der Waals surface area contributed by atoms with Gasteiger partial charge in [-0.2, -0.15) is 5.10 Å². The highest BCUT2D eigenvalue weighted by Crippen LogP contribution is 2.26. The van der Waals surface area contributed by atoms with Crippen molar-refractivity contribution in [2.24, 2.45) is 0 Å². The first kappa shape index (κ1) is 14.4. The molecule has 0 aliphatic carbocycles. The van der Waals surface area contributed by atoms with Gasteiger partial charge in [0, 0.05) is 23.7 Å². The molecule has 0 saturated carbocycles. The van der Waals surface area contributed by atoms with Gasteiger partial charge in [0.2, 0.25) is 0 Å². The van der Waals surface area contributed by atoms with Crippen LogP contribution in [0, 0.1) is 13.8 Å². The number of rotatable bonds is 3. The first-order chi connectivity index (χ1) is 11.7. The SMILES string of the molecule is Cc1cccc(-c2cc(-c3ccc(C)c(-n4ccnc4)c3)n[nH]2)n1. The van der Waals surface area contributed by atoms with Crippen LogP contribution in [-0.4, -0.2) is 24.7 Å². The molecule has 0 unspecified atom stereocenters. The Bertz CT molecular complexity index is 983. The molecule has 1 aromatic carbocycles. The monoisotopic (exact) mass is 315 g/mol. The summed E-state index contributed by atoms with van der Waals surface area (Å²) in [5.41, 5.74) is 7.04. The Balaban J connectivity index is 1.74. The normalized spacial score (nSPS) is 10.9. The number of aromatic amines is 1. The summed E-state index contributed by atoms with van der Waals surface area (Å²) in [5.74, 6) is 0. The van der Waals surface area contributed by atoms with Gasteiger partial charge in [0.25, 0.3) is 0 Å². The molecule has 1 N–H and O–H groups in total. The molecule has 118 valence electrons. The molecule has 0 aliphatic heterocycles. The van der Waals surface area contributed by atoms with Crippen LogP contribution >= 0.6 is 0 Å². The molecule has 0 fully saturated rings. The fourth-order valence-corrected chi connectivity index (χ4v) is 2.74. The third kappa shape index (κ3) is 2.60. The smallest absolute Gasteiger partial charge is 0.0991 e. The molecule has 0 amide bonds. The third-order valence-electron chi connectivity index (χ3n) is 4.03. The largest absolute Gasteiger partial charge is 0.306 e. The number of imidazole rings is 1. The van der Waals surface area contributed by atoms with Crippen LogP contribution in [0.2, 0.25) is 0 Å². The Kier molecular flexibility index (Phi) is 3.46. The van der Waals surface area contributed by atoms with Crippen molar-refractivity contribution in [3.8, 4) is 28.3 Å². The second kappa shape index (κ2) is 5.77. The summed E-state index contributed by atoms with van der Waals surface area (Å²) >= 11 is 0. The van der Waals surface area contributed by atoms with Crippen LogP contribution in [0.25, 0.3) is 28.3 Å². The predicted octanol–water partition coefficient (Wildman–Crippen LogP) is 3.94. The van der Waals surface area contributed by atoms with Crippen molar-refractivity contribution in [1.29, 1.82) is 0 Å². The first-order valence-corrected chi connectivity index (χ1v) is 7.79. The summed E-state index contributed by atoms with van der Waals surface area (Å²) in [5, 5.41) is 7.54. The number of nitrogens with one attached hydrogen (secondary N) is 1. The zero-order chi connectivity index (χ0) is 16.5. The maximum absolute atomic E-state index is 4.54. The molecular formula is C19H17N5. The zero-order valence-electron chi connectivity index (χ0n) is 13.6. The van der Waals surface area contributed by atoms with Crippen LogP contribution in [0.3, 0.4) is 0 Å². The van der Waals surface area contributed by atoms with Crippen molar-refractivity contribution >= 4 is 0 Å². The van der Waals surface area contributed by atoms with Crippen LogP contribution in [0.5, 0.6) is 0 Å². The fourth-order valence-electron chi connectivity index (χ4n) is 2.74. The van der Waals surface area contributed by atoms with Gasteiger partial charge in [0.05, 0.1) is 29.1 Å². The first-order valence-electron chi connectivity index (χ1n) is 7.79. The van der Waals surface area contributed by atoms with Gasteiger partial charge >= 0.3 is 0 Å². The van der Waals surface area contributed by atoms with E-state index >= 15 is 0 Å². The van der Waals surface area contributed by atoms with Gasteiger partial charge in [0.15, 0.2) is 0 Å². The van der Waals surface area contributed by atoms with E-state index < -0.39 is 0 Å². The Hall–Kier alpha value is -3.21. The molecule has 5 nitrogen and oxygen atoms in total. The van der Waals surface area contributed by atoms with E-state index in [1.807, 2.05) is 42.0 Å². The van der Waals surface area contributed by atoms with Crippen molar-refractivity contribution in [3.05, 3.63) is 72.4 Å². The van der Waals surface area contributed by atoms with Gasteiger partial charge in [-0.05, 0) is 43.7 Å². The van der Waals surface area contributed by atoms with Crippen LogP contribution in [-0.2, 0) is 0 Å². The van der Waals surface area contributed by atoms with E-state index in [9.17, 15) is 0 Å². The van der Waals surface area contributed by atoms with Crippen LogP contribution in [0.4, 0.5) is 0 Å². The molecule has 3 heterocycles. The van der Waals surface area contributed by atoms with Gasteiger partial charge in [0.1, 0.15) is 0 Å². The lowest BCUT2D eigenvalue weighted by Gasteiger charge is -2.08. The molecule has 0 radical (unpaired) electrons. The summed E-state index contributed by atoms with van der Waals surface area (Å²) in [6.07, 6.45) is 5.53. The molecule has 0 spiro atoms. The molecule has 0 aliphatic rings. The highest BCUT2D eigenvalue weighted by Gasteiger charge is 2.09. The van der Waals surface area contributed by atoms with Crippen LogP contribution in [0.1, 0.15) is 11.3 Å². The number of aryl methyl sites for hydroxylation is 2. The molecule has 0 atom stereocenters. The number of pyridine rings is 1. The lowest BCUT2D eigenvalue weighted by molar-refractivity contribution is 1.04. The summed E-state index contributed by atoms with van der Waals surface area (Å²) in [4.78, 5) is 8.67. The minimum absolute atomic E-state index is 0.898. The molecule has 5 heteroatoms. The lowest BCUT2D eigenvalue weighted by atomic mass is 10.1. The van der Waals surface area contributed by atoms with Gasteiger partial charge < -0.3 is 4.57 Å². The average Bonchev–Trinajstić information content (AvgIpc) is 3.27. The number of aromatic nitrogens is 5. The van der Waals surface area contributed by atoms with Crippen molar-refractivity contribution in [1.82, 2.24) is 24.7 Å². The van der Waals surface area contributed by atoms with Crippen LogP contribution in [0.15, 0.2) is 61.2 Å². The van der Waals surface area contributed by atoms with E-state index in [2.05, 4.69) is 45.3 Å². The number of hydrogen-bond acceptors (Lipinski definition) is 3. The van der Waals surface area contributed by atoms with Gasteiger partial charge in [-0.1, -0.05) is 18.2 Å². The van der Waals surface area contributed by atoms with E-state index in [0.29, 0.717) is 0 Å².